The van der Waals surface area contributed by atoms with Crippen molar-refractivity contribution in [3.63, 3.8) is 0 Å². The average Bonchev–Trinajstić information content (AvgIpc) is 3.39. The van der Waals surface area contributed by atoms with Crippen LogP contribution in [0.2, 0.25) is 0 Å². The number of aromatic nitrogens is 2. The molecule has 8 rings (SSSR count). The van der Waals surface area contributed by atoms with Gasteiger partial charge in [-0.3, -0.25) is 4.57 Å². The van der Waals surface area contributed by atoms with Gasteiger partial charge in [-0.25, -0.2) is 4.98 Å². The first-order valence-electron chi connectivity index (χ1n) is 12.4. The summed E-state index contributed by atoms with van der Waals surface area (Å²) in [4.78, 5) is 5.07. The molecule has 6 aromatic rings. The maximum Gasteiger partial charge on any atom is 0.142 e. The summed E-state index contributed by atoms with van der Waals surface area (Å²) in [5.41, 5.74) is 11.4. The summed E-state index contributed by atoms with van der Waals surface area (Å²) in [6.07, 6.45) is 1.94. The van der Waals surface area contributed by atoms with Gasteiger partial charge in [-0.2, -0.15) is 0 Å². The van der Waals surface area contributed by atoms with Crippen LogP contribution < -0.4 is 0 Å². The summed E-state index contributed by atoms with van der Waals surface area (Å²) in [5, 5.41) is 2.59. The van der Waals surface area contributed by atoms with Crippen LogP contribution in [-0.2, 0) is 5.41 Å². The molecule has 2 nitrogen and oxygen atoms in total. The maximum atomic E-state index is 5.07. The van der Waals surface area contributed by atoms with Gasteiger partial charge < -0.3 is 0 Å². The molecule has 0 saturated carbocycles. The number of pyridine rings is 1. The first-order chi connectivity index (χ1) is 17.2. The van der Waals surface area contributed by atoms with E-state index < -0.39 is 0 Å². The Bertz CT molecular complexity index is 1790. The third-order valence-electron chi connectivity index (χ3n) is 8.24. The minimum absolute atomic E-state index is 0.387. The topological polar surface area (TPSA) is 17.8 Å². The minimum Gasteiger partial charge on any atom is -0.293 e. The third kappa shape index (κ3) is 2.14. The number of benzene rings is 4. The van der Waals surface area contributed by atoms with E-state index in [0.29, 0.717) is 5.92 Å². The number of para-hydroxylation sites is 1. The van der Waals surface area contributed by atoms with Crippen LogP contribution in [0.5, 0.6) is 0 Å². The van der Waals surface area contributed by atoms with Gasteiger partial charge in [-0.15, -0.1) is 0 Å². The second-order valence-corrected chi connectivity index (χ2v) is 10.2. The lowest BCUT2D eigenvalue weighted by Gasteiger charge is -2.38. The van der Waals surface area contributed by atoms with E-state index in [1.165, 1.54) is 60.8 Å². The molecule has 3 heterocycles. The zero-order chi connectivity index (χ0) is 23.3. The molecule has 0 N–H and O–H groups in total. The van der Waals surface area contributed by atoms with Gasteiger partial charge in [0.15, 0.2) is 0 Å². The van der Waals surface area contributed by atoms with E-state index in [-0.39, 0.29) is 5.41 Å². The molecule has 0 saturated heterocycles. The number of nitrogens with zero attached hydrogens (tertiary/aromatic N) is 2. The summed E-state index contributed by atoms with van der Waals surface area (Å²) in [5.74, 6) is 1.51. The van der Waals surface area contributed by atoms with E-state index in [1.54, 1.807) is 0 Å². The van der Waals surface area contributed by atoms with Gasteiger partial charge in [0.25, 0.3) is 0 Å². The Morgan fingerprint density at radius 1 is 0.657 bits per heavy atom. The lowest BCUT2D eigenvalue weighted by molar-refractivity contribution is 0.737. The van der Waals surface area contributed by atoms with Crippen molar-refractivity contribution >= 4 is 21.8 Å². The van der Waals surface area contributed by atoms with Gasteiger partial charge in [-0.05, 0) is 51.4 Å². The summed E-state index contributed by atoms with van der Waals surface area (Å²) >= 11 is 0. The van der Waals surface area contributed by atoms with Crippen LogP contribution >= 0.6 is 0 Å². The first kappa shape index (κ1) is 19.2. The smallest absolute Gasteiger partial charge is 0.142 e. The lowest BCUT2D eigenvalue weighted by atomic mass is 9.66. The van der Waals surface area contributed by atoms with E-state index in [4.69, 9.17) is 4.98 Å². The van der Waals surface area contributed by atoms with Gasteiger partial charge in [0.1, 0.15) is 5.82 Å². The maximum absolute atomic E-state index is 5.07. The summed E-state index contributed by atoms with van der Waals surface area (Å²) < 4.78 is 2.43. The predicted octanol–water partition coefficient (Wildman–Crippen LogP) is 7.98. The van der Waals surface area contributed by atoms with Gasteiger partial charge in [0.2, 0.25) is 0 Å². The highest BCUT2D eigenvalue weighted by Gasteiger charge is 2.51. The Morgan fingerprint density at radius 2 is 1.34 bits per heavy atom. The highest BCUT2D eigenvalue weighted by Crippen LogP contribution is 2.60. The molecular formula is C33H24N2. The van der Waals surface area contributed by atoms with Crippen LogP contribution in [0.1, 0.15) is 47.6 Å². The number of rotatable bonds is 1. The fourth-order valence-corrected chi connectivity index (χ4v) is 6.79. The zero-order valence-corrected chi connectivity index (χ0v) is 19.8. The van der Waals surface area contributed by atoms with Crippen LogP contribution in [0.4, 0.5) is 0 Å². The van der Waals surface area contributed by atoms with E-state index in [2.05, 4.69) is 115 Å². The van der Waals surface area contributed by atoms with Crippen molar-refractivity contribution in [3.8, 4) is 16.9 Å². The largest absolute Gasteiger partial charge is 0.293 e. The van der Waals surface area contributed by atoms with Gasteiger partial charge in [0, 0.05) is 22.5 Å². The Hall–Kier alpha value is -4.17. The monoisotopic (exact) mass is 448 g/mol. The SMILES string of the molecule is CC(C)c1ccc2c3cccc4c3n(c2c1)-c1ncccc1C41c2ccccc2-c2ccccc21. The van der Waals surface area contributed by atoms with E-state index in [0.717, 1.165) is 5.82 Å². The highest BCUT2D eigenvalue weighted by atomic mass is 15.1. The molecule has 2 heteroatoms. The van der Waals surface area contributed by atoms with E-state index in [1.807, 2.05) is 6.20 Å². The number of hydrogen-bond donors (Lipinski definition) is 0. The molecule has 2 aromatic heterocycles. The van der Waals surface area contributed by atoms with Crippen molar-refractivity contribution in [1.82, 2.24) is 9.55 Å². The molecule has 0 fully saturated rings. The first-order valence-corrected chi connectivity index (χ1v) is 12.4. The number of fused-ring (bicyclic) bond motifs is 12. The van der Waals surface area contributed by atoms with Crippen molar-refractivity contribution in [1.29, 1.82) is 0 Å². The van der Waals surface area contributed by atoms with Crippen molar-refractivity contribution in [2.24, 2.45) is 0 Å². The van der Waals surface area contributed by atoms with E-state index >= 15 is 0 Å². The third-order valence-corrected chi connectivity index (χ3v) is 8.24. The van der Waals surface area contributed by atoms with Crippen LogP contribution in [0.3, 0.4) is 0 Å². The summed E-state index contributed by atoms with van der Waals surface area (Å²) in [6.45, 7) is 4.53. The molecule has 1 spiro atoms. The van der Waals surface area contributed by atoms with Crippen molar-refractivity contribution in [2.75, 3.05) is 0 Å². The Balaban J connectivity index is 1.65. The Labute approximate surface area is 204 Å². The van der Waals surface area contributed by atoms with Crippen LogP contribution in [0.15, 0.2) is 103 Å². The molecule has 2 aliphatic rings. The van der Waals surface area contributed by atoms with Gasteiger partial charge >= 0.3 is 0 Å². The zero-order valence-electron chi connectivity index (χ0n) is 19.8. The molecule has 35 heavy (non-hydrogen) atoms. The molecule has 0 amide bonds. The fourth-order valence-electron chi connectivity index (χ4n) is 6.79. The molecular weight excluding hydrogens is 424 g/mol. The molecule has 166 valence electrons. The van der Waals surface area contributed by atoms with Crippen molar-refractivity contribution in [2.45, 2.75) is 25.2 Å². The second kappa shape index (κ2) is 6.49. The fraction of sp³-hybridized carbons (Fsp3) is 0.121. The molecule has 0 radical (unpaired) electrons. The molecule has 4 aromatic carbocycles. The van der Waals surface area contributed by atoms with Crippen molar-refractivity contribution in [3.05, 3.63) is 131 Å². The molecule has 0 bridgehead atoms. The van der Waals surface area contributed by atoms with Gasteiger partial charge in [0.05, 0.1) is 16.4 Å². The molecule has 1 aliphatic heterocycles. The Morgan fingerprint density at radius 3 is 2.09 bits per heavy atom. The van der Waals surface area contributed by atoms with Crippen LogP contribution in [0.25, 0.3) is 38.8 Å². The van der Waals surface area contributed by atoms with Crippen LogP contribution in [-0.4, -0.2) is 9.55 Å². The summed E-state index contributed by atoms with van der Waals surface area (Å²) in [7, 11) is 0. The number of hydrogen-bond acceptors (Lipinski definition) is 1. The predicted molar refractivity (Wildman–Crippen MR) is 144 cm³/mol. The summed E-state index contributed by atoms with van der Waals surface area (Å²) in [6, 6.07) is 36.1. The van der Waals surface area contributed by atoms with Gasteiger partial charge in [-0.1, -0.05) is 98.8 Å². The normalized spacial score (nSPS) is 14.5. The molecule has 0 unspecified atom stereocenters. The second-order valence-electron chi connectivity index (χ2n) is 10.2. The average molecular weight is 449 g/mol. The quantitative estimate of drug-likeness (QED) is 0.249. The van der Waals surface area contributed by atoms with Crippen molar-refractivity contribution < 1.29 is 0 Å². The molecule has 0 atom stereocenters. The minimum atomic E-state index is -0.387. The van der Waals surface area contributed by atoms with Crippen LogP contribution in [0, 0.1) is 0 Å². The Kier molecular flexibility index (Phi) is 3.55. The van der Waals surface area contributed by atoms with E-state index in [9.17, 15) is 0 Å². The lowest BCUT2D eigenvalue weighted by Crippen LogP contribution is -2.33. The highest BCUT2D eigenvalue weighted by molar-refractivity contribution is 6.12. The molecule has 1 aliphatic carbocycles. The standard InChI is InChI=1S/C33H24N2/c1-20(2)21-16-17-24-25-11-7-14-28-31(25)35(30(24)19-21)32-29(15-8-18-34-32)33(28)26-12-5-3-9-22(26)23-10-4-6-13-27(23)33/h3-20H,1-2H3.